The van der Waals surface area contributed by atoms with Crippen LogP contribution in [-0.2, 0) is 6.61 Å². The summed E-state index contributed by atoms with van der Waals surface area (Å²) < 4.78 is 6.01. The Bertz CT molecular complexity index is 987. The predicted molar refractivity (Wildman–Crippen MR) is 116 cm³/mol. The number of nitrogens with one attached hydrogen (secondary N) is 1. The van der Waals surface area contributed by atoms with Crippen LogP contribution in [0.2, 0.25) is 0 Å². The van der Waals surface area contributed by atoms with Crippen LogP contribution >= 0.6 is 0 Å². The second kappa shape index (κ2) is 8.39. The van der Waals surface area contributed by atoms with E-state index in [9.17, 15) is 4.79 Å². The summed E-state index contributed by atoms with van der Waals surface area (Å²) in [7, 11) is 0. The lowest BCUT2D eigenvalue weighted by molar-refractivity contribution is 0.0593. The number of para-hydroxylation sites is 1. The lowest BCUT2D eigenvalue weighted by Crippen LogP contribution is -2.47. The molecule has 0 bridgehead atoms. The Kier molecular flexibility index (Phi) is 5.52. The van der Waals surface area contributed by atoms with Gasteiger partial charge < -0.3 is 15.0 Å². The standard InChI is InChI=1S/C25H26N2O2/c1-3-18(2)27-24(26-23-15-8-7-14-22(23)25(27)28)20-12-9-13-21(16-20)29-17-19-10-5-4-6-11-19/h4-16,18,24,26H,3,17H2,1-2H3. The number of anilines is 1. The minimum atomic E-state index is -0.229. The average molecular weight is 386 g/mol. The molecule has 4 heteroatoms. The number of rotatable bonds is 6. The maximum Gasteiger partial charge on any atom is 0.258 e. The molecule has 29 heavy (non-hydrogen) atoms. The van der Waals surface area contributed by atoms with Crippen LogP contribution in [0.25, 0.3) is 0 Å². The van der Waals surface area contributed by atoms with Crippen LogP contribution in [0.3, 0.4) is 0 Å². The number of ether oxygens (including phenoxy) is 1. The van der Waals surface area contributed by atoms with Crippen molar-refractivity contribution < 1.29 is 9.53 Å². The summed E-state index contributed by atoms with van der Waals surface area (Å²) in [5.41, 5.74) is 3.73. The maximum absolute atomic E-state index is 13.3. The number of nitrogens with zero attached hydrogens (tertiary/aromatic N) is 1. The number of amides is 1. The Hall–Kier alpha value is -3.27. The van der Waals surface area contributed by atoms with Crippen molar-refractivity contribution in [3.05, 3.63) is 95.6 Å². The second-order valence-corrected chi connectivity index (χ2v) is 7.41. The zero-order chi connectivity index (χ0) is 20.2. The Morgan fingerprint density at radius 3 is 2.55 bits per heavy atom. The summed E-state index contributed by atoms with van der Waals surface area (Å²) in [6.07, 6.45) is 0.656. The molecule has 0 radical (unpaired) electrons. The number of carbonyl (C=O) groups excluding carboxylic acids is 1. The molecule has 0 fully saturated rings. The molecule has 2 atom stereocenters. The van der Waals surface area contributed by atoms with Crippen molar-refractivity contribution in [2.75, 3.05) is 5.32 Å². The Morgan fingerprint density at radius 2 is 1.76 bits per heavy atom. The molecule has 0 saturated heterocycles. The molecule has 0 spiro atoms. The largest absolute Gasteiger partial charge is 0.489 e. The zero-order valence-electron chi connectivity index (χ0n) is 16.8. The minimum Gasteiger partial charge on any atom is -0.489 e. The second-order valence-electron chi connectivity index (χ2n) is 7.41. The molecule has 0 saturated carbocycles. The Labute approximate surface area is 172 Å². The molecular weight excluding hydrogens is 360 g/mol. The van der Waals surface area contributed by atoms with Gasteiger partial charge in [0.25, 0.3) is 5.91 Å². The number of fused-ring (bicyclic) bond motifs is 1. The predicted octanol–water partition coefficient (Wildman–Crippen LogP) is 5.63. The molecule has 2 unspecified atom stereocenters. The number of hydrogen-bond acceptors (Lipinski definition) is 3. The van der Waals surface area contributed by atoms with Crippen LogP contribution in [0.1, 0.15) is 47.9 Å². The molecule has 1 aliphatic heterocycles. The van der Waals surface area contributed by atoms with Crippen molar-refractivity contribution in [3.8, 4) is 5.75 Å². The smallest absolute Gasteiger partial charge is 0.258 e. The highest BCUT2D eigenvalue weighted by Gasteiger charge is 2.35. The van der Waals surface area contributed by atoms with Crippen LogP contribution < -0.4 is 10.1 Å². The molecule has 1 heterocycles. The van der Waals surface area contributed by atoms with E-state index in [1.165, 1.54) is 0 Å². The third kappa shape index (κ3) is 3.97. The summed E-state index contributed by atoms with van der Waals surface area (Å²) in [6, 6.07) is 25.9. The monoisotopic (exact) mass is 386 g/mol. The summed E-state index contributed by atoms with van der Waals surface area (Å²) in [5.74, 6) is 0.859. The van der Waals surface area contributed by atoms with E-state index in [1.54, 1.807) is 0 Å². The van der Waals surface area contributed by atoms with Gasteiger partial charge in [0.15, 0.2) is 0 Å². The fraction of sp³-hybridized carbons (Fsp3) is 0.240. The maximum atomic E-state index is 13.3. The lowest BCUT2D eigenvalue weighted by Gasteiger charge is -2.41. The van der Waals surface area contributed by atoms with E-state index in [2.05, 4.69) is 19.2 Å². The summed E-state index contributed by atoms with van der Waals surface area (Å²) >= 11 is 0. The first kappa shape index (κ1) is 19.1. The lowest BCUT2D eigenvalue weighted by atomic mass is 10.0. The van der Waals surface area contributed by atoms with Crippen molar-refractivity contribution in [1.82, 2.24) is 4.90 Å². The fourth-order valence-corrected chi connectivity index (χ4v) is 3.68. The normalized spacial score (nSPS) is 16.7. The van der Waals surface area contributed by atoms with Gasteiger partial charge in [0.1, 0.15) is 18.5 Å². The number of benzene rings is 3. The van der Waals surface area contributed by atoms with E-state index in [1.807, 2.05) is 83.8 Å². The summed E-state index contributed by atoms with van der Waals surface area (Å²) in [4.78, 5) is 15.2. The first-order valence-corrected chi connectivity index (χ1v) is 10.1. The van der Waals surface area contributed by atoms with Crippen LogP contribution in [0, 0.1) is 0 Å². The molecular formula is C25H26N2O2. The molecule has 1 N–H and O–H groups in total. The zero-order valence-corrected chi connectivity index (χ0v) is 16.8. The van der Waals surface area contributed by atoms with E-state index >= 15 is 0 Å². The van der Waals surface area contributed by atoms with E-state index in [0.717, 1.165) is 34.5 Å². The minimum absolute atomic E-state index is 0.0642. The third-order valence-corrected chi connectivity index (χ3v) is 5.45. The Balaban J connectivity index is 1.62. The molecule has 0 aliphatic carbocycles. The van der Waals surface area contributed by atoms with Crippen LogP contribution in [0.15, 0.2) is 78.9 Å². The van der Waals surface area contributed by atoms with Crippen molar-refractivity contribution in [1.29, 1.82) is 0 Å². The van der Waals surface area contributed by atoms with Gasteiger partial charge in [-0.05, 0) is 48.7 Å². The van der Waals surface area contributed by atoms with Gasteiger partial charge in [-0.1, -0.05) is 61.5 Å². The molecule has 4 nitrogen and oxygen atoms in total. The molecule has 1 amide bonds. The summed E-state index contributed by atoms with van der Waals surface area (Å²) in [5, 5.41) is 3.56. The van der Waals surface area contributed by atoms with Crippen LogP contribution in [0.5, 0.6) is 5.75 Å². The average Bonchev–Trinajstić information content (AvgIpc) is 2.78. The molecule has 0 aromatic heterocycles. The van der Waals surface area contributed by atoms with Crippen molar-refractivity contribution in [2.45, 2.75) is 39.1 Å². The highest BCUT2D eigenvalue weighted by Crippen LogP contribution is 2.36. The molecule has 4 rings (SSSR count). The highest BCUT2D eigenvalue weighted by atomic mass is 16.5. The van der Waals surface area contributed by atoms with E-state index < -0.39 is 0 Å². The van der Waals surface area contributed by atoms with Gasteiger partial charge in [-0.25, -0.2) is 0 Å². The van der Waals surface area contributed by atoms with Gasteiger partial charge in [0, 0.05) is 11.7 Å². The first-order chi connectivity index (χ1) is 14.2. The van der Waals surface area contributed by atoms with E-state index in [-0.39, 0.29) is 18.1 Å². The first-order valence-electron chi connectivity index (χ1n) is 10.1. The topological polar surface area (TPSA) is 41.6 Å². The van der Waals surface area contributed by atoms with Gasteiger partial charge in [-0.2, -0.15) is 0 Å². The summed E-state index contributed by atoms with van der Waals surface area (Å²) in [6.45, 7) is 4.71. The third-order valence-electron chi connectivity index (χ3n) is 5.45. The molecule has 148 valence electrons. The molecule has 1 aliphatic rings. The van der Waals surface area contributed by atoms with Gasteiger partial charge in [0.05, 0.1) is 5.56 Å². The van der Waals surface area contributed by atoms with E-state index in [4.69, 9.17) is 4.74 Å². The van der Waals surface area contributed by atoms with Gasteiger partial charge in [-0.15, -0.1) is 0 Å². The van der Waals surface area contributed by atoms with Gasteiger partial charge in [-0.3, -0.25) is 4.79 Å². The quantitative estimate of drug-likeness (QED) is 0.597. The number of hydrogen-bond donors (Lipinski definition) is 1. The SMILES string of the molecule is CCC(C)N1C(=O)c2ccccc2NC1c1cccc(OCc2ccccc2)c1. The molecule has 3 aromatic carbocycles. The van der Waals surface area contributed by atoms with Crippen molar-refractivity contribution in [2.24, 2.45) is 0 Å². The van der Waals surface area contributed by atoms with E-state index in [0.29, 0.717) is 6.61 Å². The molecule has 3 aromatic rings. The highest BCUT2D eigenvalue weighted by molar-refractivity contribution is 6.01. The van der Waals surface area contributed by atoms with Crippen molar-refractivity contribution >= 4 is 11.6 Å². The number of carbonyl (C=O) groups is 1. The van der Waals surface area contributed by atoms with Crippen molar-refractivity contribution in [3.63, 3.8) is 0 Å². The van der Waals surface area contributed by atoms with Gasteiger partial charge in [0.2, 0.25) is 0 Å². The van der Waals surface area contributed by atoms with Crippen LogP contribution in [0.4, 0.5) is 5.69 Å². The van der Waals surface area contributed by atoms with Gasteiger partial charge >= 0.3 is 0 Å². The fourth-order valence-electron chi connectivity index (χ4n) is 3.68. The van der Waals surface area contributed by atoms with Crippen LogP contribution in [-0.4, -0.2) is 16.8 Å². The Morgan fingerprint density at radius 1 is 1.00 bits per heavy atom.